The van der Waals surface area contributed by atoms with E-state index in [0.29, 0.717) is 23.0 Å². The van der Waals surface area contributed by atoms with Crippen LogP contribution in [0, 0.1) is 11.3 Å². The van der Waals surface area contributed by atoms with Crippen LogP contribution in [0.25, 0.3) is 145 Å². The highest BCUT2D eigenvalue weighted by molar-refractivity contribution is 6.13. The van der Waals surface area contributed by atoms with E-state index in [-0.39, 0.29) is 0 Å². The van der Waals surface area contributed by atoms with Crippen molar-refractivity contribution in [3.05, 3.63) is 297 Å². The van der Waals surface area contributed by atoms with Gasteiger partial charge in [-0.2, -0.15) is 5.26 Å². The lowest BCUT2D eigenvalue weighted by molar-refractivity contribution is 1.06. The number of hydrogen-bond donors (Lipinski definition) is 0. The van der Waals surface area contributed by atoms with Gasteiger partial charge >= 0.3 is 0 Å². The average Bonchev–Trinajstić information content (AvgIpc) is 3.87. The SMILES string of the molecule is N#Cc1c(-c2ccc(-c3nc(-c4ccccc4)nc(-c4ccccc4)n3)c(-n3c4ccc(-c5ccccc5)cc4c4cc(-c5ccccc5)ccc43)c2)cccc1-n1c2ccc(-c3ccccc3)cc2c2cc(-c3ccccc3)ccc21. The maximum Gasteiger partial charge on any atom is 0.166 e. The van der Waals surface area contributed by atoms with E-state index in [9.17, 15) is 5.26 Å². The highest BCUT2D eigenvalue weighted by Gasteiger charge is 2.24. The second-order valence-electron chi connectivity index (χ2n) is 20.6. The zero-order valence-corrected chi connectivity index (χ0v) is 44.4. The summed E-state index contributed by atoms with van der Waals surface area (Å²) in [4.78, 5) is 15.8. The molecule has 0 spiro atoms. The van der Waals surface area contributed by atoms with E-state index in [4.69, 9.17) is 15.0 Å². The van der Waals surface area contributed by atoms with Crippen molar-refractivity contribution >= 4 is 43.6 Å². The summed E-state index contributed by atoms with van der Waals surface area (Å²) in [6.07, 6.45) is 0. The Morgan fingerprint density at radius 2 is 0.573 bits per heavy atom. The van der Waals surface area contributed by atoms with E-state index in [1.165, 1.54) is 0 Å². The maximum absolute atomic E-state index is 11.7. The maximum atomic E-state index is 11.7. The fourth-order valence-electron chi connectivity index (χ4n) is 11.9. The minimum atomic E-state index is 0.523. The molecule has 0 saturated heterocycles. The molecule has 15 rings (SSSR count). The quantitative estimate of drug-likeness (QED) is 0.137. The fraction of sp³-hybridized carbons (Fsp3) is 0. The van der Waals surface area contributed by atoms with Crippen LogP contribution in [0.2, 0.25) is 0 Å². The van der Waals surface area contributed by atoms with Gasteiger partial charge in [-0.3, -0.25) is 0 Å². The molecule has 0 aliphatic carbocycles. The van der Waals surface area contributed by atoms with Gasteiger partial charge in [0.15, 0.2) is 17.5 Å². The summed E-state index contributed by atoms with van der Waals surface area (Å²) in [6.45, 7) is 0. The van der Waals surface area contributed by atoms with Crippen LogP contribution in [0.1, 0.15) is 5.56 Å². The Labute approximate surface area is 474 Å². The normalized spacial score (nSPS) is 11.4. The van der Waals surface area contributed by atoms with Crippen molar-refractivity contribution in [2.24, 2.45) is 0 Å². The van der Waals surface area contributed by atoms with Gasteiger partial charge < -0.3 is 9.13 Å². The van der Waals surface area contributed by atoms with Crippen molar-refractivity contribution in [1.82, 2.24) is 24.1 Å². The molecule has 3 heterocycles. The van der Waals surface area contributed by atoms with Crippen molar-refractivity contribution in [1.29, 1.82) is 5.26 Å². The first-order chi connectivity index (χ1) is 40.6. The standard InChI is InChI=1S/C76H48N6/c77-49-67-61(32-19-33-68(67)81-69-40-35-56(50-20-7-1-8-21-50)44-63(69)64-45-57(36-41-70(64)81)51-22-9-2-10-23-51)60-34-39-62(76-79-74(54-28-15-5-16-29-54)78-75(80-76)55-30-17-6-18-31-55)73(48-60)82-71-42-37-58(52-24-11-3-12-25-52)46-65(71)66-47-59(38-43-72(66)82)53-26-13-4-14-27-53/h1-48H. The van der Waals surface area contributed by atoms with E-state index in [0.717, 1.165) is 127 Å². The van der Waals surface area contributed by atoms with Gasteiger partial charge in [0.1, 0.15) is 6.07 Å². The Morgan fingerprint density at radius 3 is 0.939 bits per heavy atom. The van der Waals surface area contributed by atoms with Gasteiger partial charge in [0.05, 0.1) is 39.0 Å². The van der Waals surface area contributed by atoms with Gasteiger partial charge in [0.25, 0.3) is 0 Å². The molecule has 6 heteroatoms. The van der Waals surface area contributed by atoms with Crippen LogP contribution in [0.15, 0.2) is 291 Å². The van der Waals surface area contributed by atoms with Crippen LogP contribution in [0.3, 0.4) is 0 Å². The first-order valence-corrected chi connectivity index (χ1v) is 27.6. The topological polar surface area (TPSA) is 72.3 Å². The van der Waals surface area contributed by atoms with Gasteiger partial charge in [0, 0.05) is 43.8 Å². The molecule has 82 heavy (non-hydrogen) atoms. The Kier molecular flexibility index (Phi) is 11.8. The van der Waals surface area contributed by atoms with Crippen LogP contribution >= 0.6 is 0 Å². The highest BCUT2D eigenvalue weighted by atomic mass is 15.1. The lowest BCUT2D eigenvalue weighted by atomic mass is 9.96. The molecule has 0 bridgehead atoms. The molecule has 0 amide bonds. The molecular weight excluding hydrogens is 997 g/mol. The molecule has 0 unspecified atom stereocenters. The van der Waals surface area contributed by atoms with Crippen molar-refractivity contribution in [2.45, 2.75) is 0 Å². The van der Waals surface area contributed by atoms with E-state index in [1.54, 1.807) is 0 Å². The molecule has 0 fully saturated rings. The van der Waals surface area contributed by atoms with Gasteiger partial charge in [0.2, 0.25) is 0 Å². The second kappa shape index (κ2) is 20.2. The number of fused-ring (bicyclic) bond motifs is 6. The molecule has 0 saturated carbocycles. The van der Waals surface area contributed by atoms with E-state index < -0.39 is 0 Å². The average molecular weight is 1050 g/mol. The zero-order chi connectivity index (χ0) is 54.5. The minimum absolute atomic E-state index is 0.523. The summed E-state index contributed by atoms with van der Waals surface area (Å²) in [7, 11) is 0. The lowest BCUT2D eigenvalue weighted by Gasteiger charge is -2.18. The number of nitrogens with zero attached hydrogens (tertiary/aromatic N) is 6. The predicted molar refractivity (Wildman–Crippen MR) is 337 cm³/mol. The summed E-state index contributed by atoms with van der Waals surface area (Å²) < 4.78 is 4.63. The number of aromatic nitrogens is 5. The smallest absolute Gasteiger partial charge is 0.166 e. The van der Waals surface area contributed by atoms with Crippen molar-refractivity contribution < 1.29 is 0 Å². The van der Waals surface area contributed by atoms with Crippen LogP contribution < -0.4 is 0 Å². The van der Waals surface area contributed by atoms with Crippen molar-refractivity contribution in [3.63, 3.8) is 0 Å². The second-order valence-corrected chi connectivity index (χ2v) is 20.6. The van der Waals surface area contributed by atoms with Crippen molar-refractivity contribution in [2.75, 3.05) is 0 Å². The molecule has 0 N–H and O–H groups in total. The third-order valence-electron chi connectivity index (χ3n) is 15.8. The summed E-state index contributed by atoms with van der Waals surface area (Å²) in [5, 5.41) is 16.1. The summed E-state index contributed by atoms with van der Waals surface area (Å²) in [5.74, 6) is 1.66. The summed E-state index contributed by atoms with van der Waals surface area (Å²) in [6, 6.07) is 105. The largest absolute Gasteiger partial charge is 0.308 e. The molecule has 0 atom stereocenters. The molecular formula is C76H48N6. The van der Waals surface area contributed by atoms with Crippen LogP contribution in [-0.2, 0) is 0 Å². The summed E-state index contributed by atoms with van der Waals surface area (Å²) >= 11 is 0. The first kappa shape index (κ1) is 47.9. The molecule has 15 aromatic rings. The Hall–Kier alpha value is -11.3. The minimum Gasteiger partial charge on any atom is -0.308 e. The molecule has 12 aromatic carbocycles. The molecule has 0 radical (unpaired) electrons. The first-order valence-electron chi connectivity index (χ1n) is 27.6. The Morgan fingerprint density at radius 1 is 0.244 bits per heavy atom. The molecule has 6 nitrogen and oxygen atoms in total. The van der Waals surface area contributed by atoms with Gasteiger partial charge in [-0.05, 0) is 117 Å². The van der Waals surface area contributed by atoms with Gasteiger partial charge in [-0.15, -0.1) is 0 Å². The van der Waals surface area contributed by atoms with E-state index in [2.05, 4.69) is 246 Å². The third kappa shape index (κ3) is 8.40. The Balaban J connectivity index is 0.991. The summed E-state index contributed by atoms with van der Waals surface area (Å²) in [5.41, 5.74) is 19.6. The fourth-order valence-corrected chi connectivity index (χ4v) is 11.9. The van der Waals surface area contributed by atoms with Gasteiger partial charge in [-0.25, -0.2) is 15.0 Å². The number of nitriles is 1. The number of hydrogen-bond acceptors (Lipinski definition) is 4. The Bertz CT molecular complexity index is 4700. The molecule has 0 aliphatic rings. The van der Waals surface area contributed by atoms with Crippen LogP contribution in [0.4, 0.5) is 0 Å². The molecule has 3 aromatic heterocycles. The molecule has 382 valence electrons. The van der Waals surface area contributed by atoms with E-state index >= 15 is 0 Å². The van der Waals surface area contributed by atoms with Gasteiger partial charge in [-0.1, -0.05) is 224 Å². The predicted octanol–water partition coefficient (Wildman–Crippen LogP) is 19.3. The van der Waals surface area contributed by atoms with Crippen molar-refractivity contribution in [3.8, 4) is 107 Å². The monoisotopic (exact) mass is 1040 g/mol. The van der Waals surface area contributed by atoms with E-state index in [1.807, 2.05) is 60.7 Å². The number of benzene rings is 12. The molecule has 0 aliphatic heterocycles. The zero-order valence-electron chi connectivity index (χ0n) is 44.4. The highest BCUT2D eigenvalue weighted by Crippen LogP contribution is 2.44. The lowest BCUT2D eigenvalue weighted by Crippen LogP contribution is -2.04. The third-order valence-corrected chi connectivity index (χ3v) is 15.8. The van der Waals surface area contributed by atoms with Crippen LogP contribution in [0.5, 0.6) is 0 Å². The van der Waals surface area contributed by atoms with Crippen LogP contribution in [-0.4, -0.2) is 24.1 Å². The number of rotatable bonds is 10.